The Morgan fingerprint density at radius 2 is 1.80 bits per heavy atom. The predicted octanol–water partition coefficient (Wildman–Crippen LogP) is 4.25. The molecule has 0 saturated carbocycles. The fraction of sp³-hybridized carbons (Fsp3) is 0.211. The molecule has 0 amide bonds. The summed E-state index contributed by atoms with van der Waals surface area (Å²) in [6.07, 6.45) is 0. The molecule has 130 valence electrons. The van der Waals surface area contributed by atoms with E-state index >= 15 is 0 Å². The summed E-state index contributed by atoms with van der Waals surface area (Å²) in [5, 5.41) is 2.91. The average molecular weight is 373 g/mol. The average Bonchev–Trinajstić information content (AvgIpc) is 3.02. The van der Waals surface area contributed by atoms with E-state index in [0.29, 0.717) is 11.4 Å². The summed E-state index contributed by atoms with van der Waals surface area (Å²) in [4.78, 5) is 4.78. The third kappa shape index (κ3) is 3.81. The highest BCUT2D eigenvalue weighted by atomic mass is 32.2. The molecule has 0 aliphatic heterocycles. The molecule has 1 aromatic heterocycles. The van der Waals surface area contributed by atoms with Crippen LogP contribution in [0.3, 0.4) is 0 Å². The number of aromatic nitrogens is 1. The molecule has 0 aliphatic rings. The Bertz CT molecular complexity index is 980. The standard InChI is InChI=1S/C19H20N2O2S2/c1-14-9-10-17(18-13-24-15(2)20-18)11-19(14)25(22,23)21(3)12-16-7-5-4-6-8-16/h4-11,13H,12H2,1-3H3. The van der Waals surface area contributed by atoms with Gasteiger partial charge in [-0.05, 0) is 31.0 Å². The summed E-state index contributed by atoms with van der Waals surface area (Å²) in [6, 6.07) is 15.1. The first-order chi connectivity index (χ1) is 11.9. The second kappa shape index (κ2) is 7.07. The lowest BCUT2D eigenvalue weighted by molar-refractivity contribution is 0.466. The van der Waals surface area contributed by atoms with Gasteiger partial charge in [0, 0.05) is 24.5 Å². The lowest BCUT2D eigenvalue weighted by Crippen LogP contribution is -2.27. The SMILES string of the molecule is Cc1nc(-c2ccc(C)c(S(=O)(=O)N(C)Cc3ccccc3)c2)cs1. The molecule has 0 saturated heterocycles. The summed E-state index contributed by atoms with van der Waals surface area (Å²) in [6.45, 7) is 4.09. The molecule has 0 unspecified atom stereocenters. The van der Waals surface area contributed by atoms with Gasteiger partial charge < -0.3 is 0 Å². The highest BCUT2D eigenvalue weighted by Gasteiger charge is 2.23. The maximum absolute atomic E-state index is 13.1. The molecule has 6 heteroatoms. The quantitative estimate of drug-likeness (QED) is 0.673. The van der Waals surface area contributed by atoms with Gasteiger partial charge in [-0.15, -0.1) is 11.3 Å². The van der Waals surface area contributed by atoms with Crippen LogP contribution < -0.4 is 0 Å². The number of sulfonamides is 1. The van der Waals surface area contributed by atoms with E-state index in [-0.39, 0.29) is 0 Å². The number of nitrogens with zero attached hydrogens (tertiary/aromatic N) is 2. The van der Waals surface area contributed by atoms with Gasteiger partial charge in [-0.1, -0.05) is 42.5 Å². The fourth-order valence-electron chi connectivity index (χ4n) is 2.63. The van der Waals surface area contributed by atoms with Gasteiger partial charge in [0.05, 0.1) is 15.6 Å². The van der Waals surface area contributed by atoms with E-state index in [9.17, 15) is 8.42 Å². The Morgan fingerprint density at radius 3 is 2.44 bits per heavy atom. The van der Waals surface area contributed by atoms with E-state index in [1.807, 2.05) is 61.7 Å². The molecule has 0 radical (unpaired) electrons. The predicted molar refractivity (Wildman–Crippen MR) is 102 cm³/mol. The van der Waals surface area contributed by atoms with Crippen LogP contribution in [0.25, 0.3) is 11.3 Å². The molecule has 25 heavy (non-hydrogen) atoms. The summed E-state index contributed by atoms with van der Waals surface area (Å²) in [5.41, 5.74) is 3.32. The van der Waals surface area contributed by atoms with Crippen molar-refractivity contribution in [1.82, 2.24) is 9.29 Å². The Balaban J connectivity index is 1.96. The van der Waals surface area contributed by atoms with Crippen molar-refractivity contribution < 1.29 is 8.42 Å². The third-order valence-electron chi connectivity index (χ3n) is 4.04. The monoisotopic (exact) mass is 372 g/mol. The Kier molecular flexibility index (Phi) is 5.03. The zero-order chi connectivity index (χ0) is 18.0. The zero-order valence-corrected chi connectivity index (χ0v) is 16.1. The van der Waals surface area contributed by atoms with E-state index in [4.69, 9.17) is 0 Å². The van der Waals surface area contributed by atoms with E-state index in [1.165, 1.54) is 4.31 Å². The first-order valence-electron chi connectivity index (χ1n) is 7.91. The van der Waals surface area contributed by atoms with Crippen LogP contribution in [0.5, 0.6) is 0 Å². The minimum absolute atomic E-state index is 0.328. The summed E-state index contributed by atoms with van der Waals surface area (Å²) >= 11 is 1.55. The highest BCUT2D eigenvalue weighted by Crippen LogP contribution is 2.28. The largest absolute Gasteiger partial charge is 0.243 e. The molecule has 0 spiro atoms. The van der Waals surface area contributed by atoms with Crippen LogP contribution in [0.2, 0.25) is 0 Å². The number of hydrogen-bond acceptors (Lipinski definition) is 4. The fourth-order valence-corrected chi connectivity index (χ4v) is 4.65. The van der Waals surface area contributed by atoms with Crippen molar-refractivity contribution >= 4 is 21.4 Å². The normalized spacial score (nSPS) is 11.8. The number of rotatable bonds is 5. The van der Waals surface area contributed by atoms with E-state index in [0.717, 1.165) is 27.4 Å². The van der Waals surface area contributed by atoms with Crippen molar-refractivity contribution in [2.24, 2.45) is 0 Å². The maximum Gasteiger partial charge on any atom is 0.243 e. The molecule has 2 aromatic carbocycles. The number of hydrogen-bond donors (Lipinski definition) is 0. The molecule has 0 atom stereocenters. The topological polar surface area (TPSA) is 50.3 Å². The minimum atomic E-state index is -3.58. The van der Waals surface area contributed by atoms with E-state index in [1.54, 1.807) is 24.5 Å². The highest BCUT2D eigenvalue weighted by molar-refractivity contribution is 7.89. The van der Waals surface area contributed by atoms with Gasteiger partial charge in [0.15, 0.2) is 0 Å². The molecular formula is C19H20N2O2S2. The molecular weight excluding hydrogens is 352 g/mol. The smallest absolute Gasteiger partial charge is 0.242 e. The first-order valence-corrected chi connectivity index (χ1v) is 10.2. The van der Waals surface area contributed by atoms with Crippen LogP contribution in [-0.2, 0) is 16.6 Å². The second-order valence-electron chi connectivity index (χ2n) is 5.98. The molecule has 0 bridgehead atoms. The van der Waals surface area contributed by atoms with Crippen molar-refractivity contribution in [3.05, 3.63) is 70.0 Å². The Labute approximate surface area is 152 Å². The van der Waals surface area contributed by atoms with Crippen LogP contribution in [0.1, 0.15) is 16.1 Å². The van der Waals surface area contributed by atoms with Gasteiger partial charge in [-0.3, -0.25) is 0 Å². The van der Waals surface area contributed by atoms with Crippen LogP contribution >= 0.6 is 11.3 Å². The molecule has 0 N–H and O–H groups in total. The molecule has 0 fully saturated rings. The number of aryl methyl sites for hydroxylation is 2. The van der Waals surface area contributed by atoms with Crippen molar-refractivity contribution in [3.63, 3.8) is 0 Å². The third-order valence-corrected chi connectivity index (χ3v) is 6.76. The summed E-state index contributed by atoms with van der Waals surface area (Å²) in [7, 11) is -1.97. The maximum atomic E-state index is 13.1. The van der Waals surface area contributed by atoms with E-state index < -0.39 is 10.0 Å². The van der Waals surface area contributed by atoms with Gasteiger partial charge in [0.25, 0.3) is 0 Å². The van der Waals surface area contributed by atoms with Gasteiger partial charge in [-0.2, -0.15) is 4.31 Å². The van der Waals surface area contributed by atoms with Crippen molar-refractivity contribution in [3.8, 4) is 11.3 Å². The second-order valence-corrected chi connectivity index (χ2v) is 9.05. The van der Waals surface area contributed by atoms with Crippen LogP contribution in [0.15, 0.2) is 58.8 Å². The van der Waals surface area contributed by atoms with Crippen LogP contribution in [-0.4, -0.2) is 24.8 Å². The van der Waals surface area contributed by atoms with E-state index in [2.05, 4.69) is 4.98 Å². The molecule has 0 aliphatic carbocycles. The molecule has 3 aromatic rings. The van der Waals surface area contributed by atoms with Crippen molar-refractivity contribution in [1.29, 1.82) is 0 Å². The Hall–Kier alpha value is -2.02. The van der Waals surface area contributed by atoms with Crippen molar-refractivity contribution in [2.75, 3.05) is 7.05 Å². The number of thiazole rings is 1. The summed E-state index contributed by atoms with van der Waals surface area (Å²) < 4.78 is 27.5. The lowest BCUT2D eigenvalue weighted by atomic mass is 10.1. The molecule has 4 nitrogen and oxygen atoms in total. The molecule has 3 rings (SSSR count). The van der Waals surface area contributed by atoms with Gasteiger partial charge in [0.2, 0.25) is 10.0 Å². The summed E-state index contributed by atoms with van der Waals surface area (Å²) in [5.74, 6) is 0. The first kappa shape index (κ1) is 17.8. The van der Waals surface area contributed by atoms with Crippen LogP contribution in [0.4, 0.5) is 0 Å². The number of benzene rings is 2. The minimum Gasteiger partial charge on any atom is -0.242 e. The lowest BCUT2D eigenvalue weighted by Gasteiger charge is -2.19. The van der Waals surface area contributed by atoms with Gasteiger partial charge in [0.1, 0.15) is 0 Å². The van der Waals surface area contributed by atoms with Crippen molar-refractivity contribution in [2.45, 2.75) is 25.3 Å². The zero-order valence-electron chi connectivity index (χ0n) is 14.4. The Morgan fingerprint density at radius 1 is 1.08 bits per heavy atom. The molecule has 1 heterocycles. The van der Waals surface area contributed by atoms with Gasteiger partial charge >= 0.3 is 0 Å². The van der Waals surface area contributed by atoms with Gasteiger partial charge in [-0.25, -0.2) is 13.4 Å². The van der Waals surface area contributed by atoms with Crippen LogP contribution in [0, 0.1) is 13.8 Å².